The molecule has 0 aromatic heterocycles. The van der Waals surface area contributed by atoms with Crippen molar-refractivity contribution in [1.82, 2.24) is 0 Å². The lowest BCUT2D eigenvalue weighted by Gasteiger charge is -2.18. The van der Waals surface area contributed by atoms with Gasteiger partial charge in [0.25, 0.3) is 0 Å². The molecule has 0 saturated heterocycles. The summed E-state index contributed by atoms with van der Waals surface area (Å²) in [5.74, 6) is -0.00834. The predicted octanol–water partition coefficient (Wildman–Crippen LogP) is 9.83. The Balaban J connectivity index is 1.32. The second-order valence-electron chi connectivity index (χ2n) is 13.1. The van der Waals surface area contributed by atoms with E-state index in [1.165, 1.54) is 24.0 Å². The fourth-order valence-electron chi connectivity index (χ4n) is 5.71. The zero-order valence-electron chi connectivity index (χ0n) is 32.0. The monoisotopic (exact) mass is 752 g/mol. The Labute approximate surface area is 323 Å². The van der Waals surface area contributed by atoms with Crippen LogP contribution >= 0.6 is 0 Å². The molecule has 55 heavy (non-hydrogen) atoms. The Morgan fingerprint density at radius 2 is 1.02 bits per heavy atom. The summed E-state index contributed by atoms with van der Waals surface area (Å²) < 4.78 is 40.7. The van der Waals surface area contributed by atoms with Crippen LogP contribution in [0.3, 0.4) is 0 Å². The first-order valence-corrected chi connectivity index (χ1v) is 19.3. The molecule has 0 unspecified atom stereocenters. The summed E-state index contributed by atoms with van der Waals surface area (Å²) >= 11 is 0. The van der Waals surface area contributed by atoms with Crippen molar-refractivity contribution in [2.75, 3.05) is 52.9 Å². The fourth-order valence-corrected chi connectivity index (χ4v) is 5.71. The fraction of sp³-hybridized carbons (Fsp3) is 0.409. The van der Waals surface area contributed by atoms with Crippen LogP contribution in [0.1, 0.15) is 84.2 Å². The zero-order valence-corrected chi connectivity index (χ0v) is 32.0. The average molecular weight is 753 g/mol. The molecule has 11 nitrogen and oxygen atoms in total. The highest BCUT2D eigenvalue weighted by Gasteiger charge is 2.22. The van der Waals surface area contributed by atoms with Gasteiger partial charge in [0, 0.05) is 0 Å². The number of benzene rings is 4. The van der Waals surface area contributed by atoms with E-state index in [1.807, 2.05) is 24.3 Å². The number of aryl methyl sites for hydroxylation is 2. The lowest BCUT2D eigenvalue weighted by Crippen LogP contribution is -2.14. The summed E-state index contributed by atoms with van der Waals surface area (Å²) in [6.07, 6.45) is 8.84. The summed E-state index contributed by atoms with van der Waals surface area (Å²) in [5, 5.41) is 8.89. The van der Waals surface area contributed by atoms with E-state index in [9.17, 15) is 9.59 Å². The van der Waals surface area contributed by atoms with Crippen molar-refractivity contribution in [3.8, 4) is 23.0 Å². The maximum atomic E-state index is 13.3. The molecule has 1 heterocycles. The average Bonchev–Trinajstić information content (AvgIpc) is 3.22. The molecule has 4 aromatic rings. The van der Waals surface area contributed by atoms with Gasteiger partial charge in [-0.2, -0.15) is 5.11 Å². The number of hydrogen-bond donors (Lipinski definition) is 0. The minimum Gasteiger partial charge on any atom is -0.485 e. The minimum absolute atomic E-state index is 0.147. The third kappa shape index (κ3) is 13.6. The Morgan fingerprint density at radius 3 is 1.55 bits per heavy atom. The molecule has 0 bridgehead atoms. The predicted molar refractivity (Wildman–Crippen MR) is 210 cm³/mol. The van der Waals surface area contributed by atoms with Crippen molar-refractivity contribution >= 4 is 23.3 Å². The molecular weight excluding hydrogens is 700 g/mol. The lowest BCUT2D eigenvalue weighted by molar-refractivity contribution is 0.00704. The molecule has 0 amide bonds. The van der Waals surface area contributed by atoms with E-state index < -0.39 is 11.9 Å². The molecule has 0 saturated carbocycles. The van der Waals surface area contributed by atoms with Crippen LogP contribution in [0.5, 0.6) is 23.0 Å². The number of azo groups is 1. The molecule has 1 aliphatic rings. The van der Waals surface area contributed by atoms with E-state index in [4.69, 9.17) is 33.2 Å². The molecule has 0 N–H and O–H groups in total. The van der Waals surface area contributed by atoms with Gasteiger partial charge in [-0.1, -0.05) is 63.8 Å². The SMILES string of the molecule is CCCCCc1ccc(C(=O)Oc2ccc(N=Nc3ccc(OC(=O)c4ccc(CCCCC)cc4)c4c3OCCOCCOCCOCCO4)cc2)cc1. The number of carbonyl (C=O) groups is 2. The van der Waals surface area contributed by atoms with Gasteiger partial charge in [0.05, 0.1) is 56.5 Å². The molecule has 0 aliphatic carbocycles. The van der Waals surface area contributed by atoms with E-state index in [0.717, 1.165) is 38.5 Å². The van der Waals surface area contributed by atoms with Gasteiger partial charge in [0.1, 0.15) is 24.7 Å². The standard InChI is InChI=1S/C44H52N2O9/c1-3-5-7-9-33-11-15-35(16-12-33)43(47)54-38-21-19-37(20-22-38)45-46-39-23-24-40(55-44(48)36-17-13-34(14-18-36)10-8-6-4-2)42-41(39)52-31-29-50-27-25-49-26-28-51-30-32-53-42/h11-24H,3-10,25-32H2,1-2H3. The highest BCUT2D eigenvalue weighted by atomic mass is 16.6. The van der Waals surface area contributed by atoms with Gasteiger partial charge in [-0.3, -0.25) is 0 Å². The molecule has 292 valence electrons. The van der Waals surface area contributed by atoms with Crippen LogP contribution in [0, 0.1) is 0 Å². The highest BCUT2D eigenvalue weighted by Crippen LogP contribution is 2.45. The molecule has 5 rings (SSSR count). The van der Waals surface area contributed by atoms with Gasteiger partial charge in [0.2, 0.25) is 5.75 Å². The molecule has 0 atom stereocenters. The Morgan fingerprint density at radius 1 is 0.527 bits per heavy atom. The van der Waals surface area contributed by atoms with E-state index in [0.29, 0.717) is 54.7 Å². The van der Waals surface area contributed by atoms with Crippen molar-refractivity contribution in [3.05, 3.63) is 107 Å². The van der Waals surface area contributed by atoms with Crippen LogP contribution in [0.4, 0.5) is 11.4 Å². The van der Waals surface area contributed by atoms with Gasteiger partial charge < -0.3 is 33.2 Å². The van der Waals surface area contributed by atoms with Crippen LogP contribution in [-0.2, 0) is 27.1 Å². The summed E-state index contributed by atoms with van der Waals surface area (Å²) in [4.78, 5) is 26.1. The lowest BCUT2D eigenvalue weighted by atomic mass is 10.1. The summed E-state index contributed by atoms with van der Waals surface area (Å²) in [5.41, 5.74) is 4.12. The Bertz CT molecular complexity index is 1790. The first-order chi connectivity index (χ1) is 27.0. The minimum atomic E-state index is -0.534. The number of nitrogens with zero attached hydrogens (tertiary/aromatic N) is 2. The number of ether oxygens (including phenoxy) is 7. The number of hydrogen-bond acceptors (Lipinski definition) is 11. The van der Waals surface area contributed by atoms with Crippen molar-refractivity contribution in [3.63, 3.8) is 0 Å². The summed E-state index contributed by atoms with van der Waals surface area (Å²) in [6.45, 7) is 6.84. The molecular formula is C44H52N2O9. The van der Waals surface area contributed by atoms with Crippen molar-refractivity contribution < 1.29 is 42.7 Å². The van der Waals surface area contributed by atoms with Gasteiger partial charge in [-0.15, -0.1) is 5.11 Å². The third-order valence-electron chi connectivity index (χ3n) is 8.79. The first-order valence-electron chi connectivity index (χ1n) is 19.3. The normalized spacial score (nSPS) is 14.1. The highest BCUT2D eigenvalue weighted by molar-refractivity contribution is 5.92. The number of fused-ring (bicyclic) bond motifs is 1. The van der Waals surface area contributed by atoms with Gasteiger partial charge in [0.15, 0.2) is 11.5 Å². The first kappa shape index (κ1) is 41.1. The van der Waals surface area contributed by atoms with E-state index >= 15 is 0 Å². The van der Waals surface area contributed by atoms with E-state index in [-0.39, 0.29) is 43.7 Å². The molecule has 1 aliphatic heterocycles. The van der Waals surface area contributed by atoms with Crippen LogP contribution in [0.2, 0.25) is 0 Å². The third-order valence-corrected chi connectivity index (χ3v) is 8.79. The van der Waals surface area contributed by atoms with Crippen molar-refractivity contribution in [2.24, 2.45) is 10.2 Å². The van der Waals surface area contributed by atoms with Gasteiger partial charge in [-0.25, -0.2) is 9.59 Å². The van der Waals surface area contributed by atoms with Gasteiger partial charge >= 0.3 is 11.9 Å². The number of rotatable bonds is 14. The second-order valence-corrected chi connectivity index (χ2v) is 13.1. The number of carbonyl (C=O) groups excluding carboxylic acids is 2. The largest absolute Gasteiger partial charge is 0.485 e. The van der Waals surface area contributed by atoms with E-state index in [2.05, 4.69) is 24.1 Å². The molecule has 0 radical (unpaired) electrons. The topological polar surface area (TPSA) is 123 Å². The smallest absolute Gasteiger partial charge is 0.343 e. The van der Waals surface area contributed by atoms with Crippen molar-refractivity contribution in [2.45, 2.75) is 65.2 Å². The Kier molecular flexibility index (Phi) is 17.1. The molecule has 4 aromatic carbocycles. The van der Waals surface area contributed by atoms with Crippen LogP contribution in [0.15, 0.2) is 95.2 Å². The van der Waals surface area contributed by atoms with E-state index in [1.54, 1.807) is 60.7 Å². The molecule has 11 heteroatoms. The van der Waals surface area contributed by atoms with Crippen LogP contribution in [-0.4, -0.2) is 64.8 Å². The number of esters is 2. The Hall–Kier alpha value is -5.10. The van der Waals surface area contributed by atoms with Gasteiger partial charge in [-0.05, 0) is 97.5 Å². The quantitative estimate of drug-likeness (QED) is 0.0536. The van der Waals surface area contributed by atoms with Crippen molar-refractivity contribution in [1.29, 1.82) is 0 Å². The van der Waals surface area contributed by atoms with Crippen LogP contribution in [0.25, 0.3) is 0 Å². The maximum Gasteiger partial charge on any atom is 0.343 e. The molecule has 0 fully saturated rings. The summed E-state index contributed by atoms with van der Waals surface area (Å²) in [6, 6.07) is 25.0. The molecule has 0 spiro atoms. The van der Waals surface area contributed by atoms with Crippen LogP contribution < -0.4 is 18.9 Å². The number of unbranched alkanes of at least 4 members (excludes halogenated alkanes) is 4. The second kappa shape index (κ2) is 23.0. The zero-order chi connectivity index (χ0) is 38.5. The summed E-state index contributed by atoms with van der Waals surface area (Å²) in [7, 11) is 0. The maximum absolute atomic E-state index is 13.3.